The molecule has 0 atom stereocenters. The summed E-state index contributed by atoms with van der Waals surface area (Å²) in [5, 5.41) is 10.6. The number of pyridine rings is 1. The molecule has 0 aliphatic carbocycles. The van der Waals surface area contributed by atoms with Crippen molar-refractivity contribution < 1.29 is 9.84 Å². The van der Waals surface area contributed by atoms with E-state index < -0.39 is 0 Å². The zero-order valence-corrected chi connectivity index (χ0v) is 17.7. The number of imidazole rings is 1. The third kappa shape index (κ3) is 3.57. The van der Waals surface area contributed by atoms with Gasteiger partial charge in [0.15, 0.2) is 0 Å². The molecule has 0 radical (unpaired) electrons. The van der Waals surface area contributed by atoms with Crippen molar-refractivity contribution in [1.29, 1.82) is 0 Å². The number of nitrogens with one attached hydrogen (secondary N) is 1. The summed E-state index contributed by atoms with van der Waals surface area (Å²) in [6.07, 6.45) is 1.70. The van der Waals surface area contributed by atoms with Crippen LogP contribution in [0.3, 0.4) is 0 Å². The first-order chi connectivity index (χ1) is 15.1. The largest absolute Gasteiger partial charge is 0.507 e. The lowest BCUT2D eigenvalue weighted by Gasteiger charge is -2.34. The van der Waals surface area contributed by atoms with E-state index in [9.17, 15) is 5.11 Å². The van der Waals surface area contributed by atoms with E-state index >= 15 is 0 Å². The Kier molecular flexibility index (Phi) is 4.95. The number of likely N-dealkylation sites (N-methyl/N-ethyl adjacent to an activating group) is 1. The molecule has 1 saturated heterocycles. The van der Waals surface area contributed by atoms with E-state index in [1.165, 1.54) is 0 Å². The molecule has 2 N–H and O–H groups in total. The smallest absolute Gasteiger partial charge is 0.221 e. The van der Waals surface area contributed by atoms with Crippen LogP contribution in [0.25, 0.3) is 33.5 Å². The number of fused-ring (bicyclic) bond motifs is 1. The number of phenolic OH excluding ortho intramolecular Hbond substituents is 1. The maximum Gasteiger partial charge on any atom is 0.221 e. The average Bonchev–Trinajstić information content (AvgIpc) is 3.24. The van der Waals surface area contributed by atoms with Gasteiger partial charge in [0.05, 0.1) is 23.9 Å². The van der Waals surface area contributed by atoms with E-state index in [2.05, 4.69) is 38.9 Å². The van der Waals surface area contributed by atoms with Crippen LogP contribution in [0.2, 0.25) is 0 Å². The van der Waals surface area contributed by atoms with Gasteiger partial charge in [-0.15, -0.1) is 0 Å². The normalized spacial score (nSPS) is 14.8. The number of hydrogen-bond donors (Lipinski definition) is 2. The SMILES string of the molecule is COc1ncccc1-c1ccc(O)c(-c2nc3c(N4CCN(C)CC4)cccc3[nH]2)c1. The van der Waals surface area contributed by atoms with Gasteiger partial charge in [0.25, 0.3) is 0 Å². The Morgan fingerprint density at radius 3 is 2.65 bits per heavy atom. The number of benzene rings is 2. The van der Waals surface area contributed by atoms with Gasteiger partial charge in [-0.05, 0) is 49.0 Å². The zero-order chi connectivity index (χ0) is 21.4. The van der Waals surface area contributed by atoms with Crippen LogP contribution in [0.15, 0.2) is 54.7 Å². The highest BCUT2D eigenvalue weighted by molar-refractivity contribution is 5.92. The molecule has 3 heterocycles. The van der Waals surface area contributed by atoms with Gasteiger partial charge >= 0.3 is 0 Å². The minimum Gasteiger partial charge on any atom is -0.507 e. The summed E-state index contributed by atoms with van der Waals surface area (Å²) in [5.41, 5.74) is 5.40. The van der Waals surface area contributed by atoms with Gasteiger partial charge in [0, 0.05) is 37.9 Å². The lowest BCUT2D eigenvalue weighted by Crippen LogP contribution is -2.44. The van der Waals surface area contributed by atoms with Crippen LogP contribution in [0.4, 0.5) is 5.69 Å². The first-order valence-electron chi connectivity index (χ1n) is 10.4. The van der Waals surface area contributed by atoms with Crippen LogP contribution in [0.1, 0.15) is 0 Å². The second-order valence-corrected chi connectivity index (χ2v) is 7.84. The monoisotopic (exact) mass is 415 g/mol. The van der Waals surface area contributed by atoms with E-state index in [1.807, 2.05) is 30.3 Å². The van der Waals surface area contributed by atoms with Crippen molar-refractivity contribution in [3.63, 3.8) is 0 Å². The predicted octanol–water partition coefficient (Wildman–Crippen LogP) is 3.76. The van der Waals surface area contributed by atoms with E-state index in [0.29, 0.717) is 17.3 Å². The summed E-state index contributed by atoms with van der Waals surface area (Å²) in [4.78, 5) is 17.3. The molecular weight excluding hydrogens is 390 g/mol. The molecule has 31 heavy (non-hydrogen) atoms. The Morgan fingerprint density at radius 2 is 1.84 bits per heavy atom. The van der Waals surface area contributed by atoms with Crippen LogP contribution < -0.4 is 9.64 Å². The minimum absolute atomic E-state index is 0.173. The van der Waals surface area contributed by atoms with Crippen molar-refractivity contribution in [3.05, 3.63) is 54.7 Å². The van der Waals surface area contributed by atoms with Crippen molar-refractivity contribution in [2.45, 2.75) is 0 Å². The third-order valence-electron chi connectivity index (χ3n) is 5.86. The number of aromatic amines is 1. The predicted molar refractivity (Wildman–Crippen MR) is 123 cm³/mol. The fourth-order valence-electron chi connectivity index (χ4n) is 4.11. The van der Waals surface area contributed by atoms with Crippen LogP contribution in [-0.2, 0) is 0 Å². The van der Waals surface area contributed by atoms with Gasteiger partial charge in [0.2, 0.25) is 5.88 Å². The van der Waals surface area contributed by atoms with E-state index in [0.717, 1.165) is 54.0 Å². The fourth-order valence-corrected chi connectivity index (χ4v) is 4.11. The number of rotatable bonds is 4. The van der Waals surface area contributed by atoms with Crippen molar-refractivity contribution in [1.82, 2.24) is 19.9 Å². The lowest BCUT2D eigenvalue weighted by atomic mass is 10.0. The topological polar surface area (TPSA) is 77.5 Å². The van der Waals surface area contributed by atoms with Crippen LogP contribution in [0.5, 0.6) is 11.6 Å². The Bertz CT molecular complexity index is 1230. The Hall–Kier alpha value is -3.58. The second-order valence-electron chi connectivity index (χ2n) is 7.84. The number of aromatic hydroxyl groups is 1. The molecule has 4 aromatic rings. The lowest BCUT2D eigenvalue weighted by molar-refractivity contribution is 0.313. The number of anilines is 1. The molecule has 2 aromatic heterocycles. The van der Waals surface area contributed by atoms with Crippen molar-refractivity contribution in [3.8, 4) is 34.1 Å². The summed E-state index contributed by atoms with van der Waals surface area (Å²) < 4.78 is 5.41. The highest BCUT2D eigenvalue weighted by Crippen LogP contribution is 2.37. The van der Waals surface area contributed by atoms with Gasteiger partial charge in [0.1, 0.15) is 17.1 Å². The third-order valence-corrected chi connectivity index (χ3v) is 5.86. The minimum atomic E-state index is 0.173. The number of para-hydroxylation sites is 1. The summed E-state index contributed by atoms with van der Waals surface area (Å²) in [6.45, 7) is 4.01. The highest BCUT2D eigenvalue weighted by Gasteiger charge is 2.19. The Labute approximate surface area is 180 Å². The summed E-state index contributed by atoms with van der Waals surface area (Å²) in [7, 11) is 3.75. The summed E-state index contributed by atoms with van der Waals surface area (Å²) >= 11 is 0. The van der Waals surface area contributed by atoms with Crippen LogP contribution >= 0.6 is 0 Å². The van der Waals surface area contributed by atoms with Gasteiger partial charge in [-0.3, -0.25) is 0 Å². The molecule has 7 heteroatoms. The van der Waals surface area contributed by atoms with Crippen LogP contribution in [-0.4, -0.2) is 65.3 Å². The van der Waals surface area contributed by atoms with Crippen molar-refractivity contribution >= 4 is 16.7 Å². The first-order valence-corrected chi connectivity index (χ1v) is 10.4. The number of methoxy groups -OCH3 is 1. The molecular formula is C24H25N5O2. The van der Waals surface area contributed by atoms with Gasteiger partial charge < -0.3 is 24.6 Å². The van der Waals surface area contributed by atoms with Crippen molar-refractivity contribution in [2.75, 3.05) is 45.2 Å². The molecule has 0 amide bonds. The Balaban J connectivity index is 1.58. The fraction of sp³-hybridized carbons (Fsp3) is 0.250. The highest BCUT2D eigenvalue weighted by atomic mass is 16.5. The molecule has 1 fully saturated rings. The average molecular weight is 415 g/mol. The quantitative estimate of drug-likeness (QED) is 0.529. The van der Waals surface area contributed by atoms with E-state index in [4.69, 9.17) is 9.72 Å². The molecule has 0 spiro atoms. The number of H-pyrrole nitrogens is 1. The summed E-state index contributed by atoms with van der Waals surface area (Å²) in [5.74, 6) is 1.35. The first kappa shape index (κ1) is 19.4. The molecule has 158 valence electrons. The number of nitrogens with zero attached hydrogens (tertiary/aromatic N) is 4. The Morgan fingerprint density at radius 1 is 1.00 bits per heavy atom. The molecule has 7 nitrogen and oxygen atoms in total. The number of aromatic nitrogens is 3. The standard InChI is InChI=1S/C24H25N5O2/c1-28-11-13-29(14-12-28)20-7-3-6-19-22(20)27-23(26-19)18-15-16(8-9-21(18)30)17-5-4-10-25-24(17)31-2/h3-10,15,30H,11-14H2,1-2H3,(H,26,27). The number of phenols is 1. The van der Waals surface area contributed by atoms with Gasteiger partial charge in [-0.1, -0.05) is 12.1 Å². The molecule has 0 unspecified atom stereocenters. The number of hydrogen-bond acceptors (Lipinski definition) is 6. The van der Waals surface area contributed by atoms with Gasteiger partial charge in [-0.2, -0.15) is 0 Å². The summed E-state index contributed by atoms with van der Waals surface area (Å²) in [6, 6.07) is 15.5. The van der Waals surface area contributed by atoms with Gasteiger partial charge in [-0.25, -0.2) is 9.97 Å². The van der Waals surface area contributed by atoms with Crippen molar-refractivity contribution in [2.24, 2.45) is 0 Å². The molecule has 1 aliphatic rings. The number of piperazine rings is 1. The molecule has 1 aliphatic heterocycles. The molecule has 5 rings (SSSR count). The van der Waals surface area contributed by atoms with E-state index in [-0.39, 0.29) is 5.75 Å². The zero-order valence-electron chi connectivity index (χ0n) is 17.7. The van der Waals surface area contributed by atoms with E-state index in [1.54, 1.807) is 19.4 Å². The maximum atomic E-state index is 10.6. The second kappa shape index (κ2) is 7.92. The molecule has 2 aromatic carbocycles. The maximum absolute atomic E-state index is 10.6. The number of ether oxygens (including phenoxy) is 1. The molecule has 0 saturated carbocycles. The van der Waals surface area contributed by atoms with Crippen LogP contribution in [0, 0.1) is 0 Å². The molecule has 0 bridgehead atoms.